The smallest absolute Gasteiger partial charge is 0.250 e. The molecular formula is C14H18FN5O3S. The van der Waals surface area contributed by atoms with E-state index in [1.54, 1.807) is 4.90 Å². The van der Waals surface area contributed by atoms with Crippen LogP contribution in [0.1, 0.15) is 12.2 Å². The van der Waals surface area contributed by atoms with Crippen molar-refractivity contribution in [2.24, 2.45) is 0 Å². The van der Waals surface area contributed by atoms with Crippen LogP contribution in [0.5, 0.6) is 0 Å². The largest absolute Gasteiger partial charge is 0.380 e. The lowest BCUT2D eigenvalue weighted by Crippen LogP contribution is -2.36. The summed E-state index contributed by atoms with van der Waals surface area (Å²) in [7, 11) is -3.81. The molecule has 2 aromatic rings. The van der Waals surface area contributed by atoms with E-state index in [0.717, 1.165) is 0 Å². The molecule has 10 heteroatoms. The molecular weight excluding hydrogens is 337 g/mol. The molecule has 3 rings (SSSR count). The summed E-state index contributed by atoms with van der Waals surface area (Å²) in [5, 5.41) is 3.50. The predicted molar refractivity (Wildman–Crippen MR) is 85.4 cm³/mol. The van der Waals surface area contributed by atoms with Gasteiger partial charge in [0.1, 0.15) is 0 Å². The van der Waals surface area contributed by atoms with Crippen molar-refractivity contribution in [2.75, 3.05) is 36.8 Å². The number of pyridine rings is 1. The second-order valence-corrected chi connectivity index (χ2v) is 7.38. The fourth-order valence-electron chi connectivity index (χ4n) is 2.78. The predicted octanol–water partition coefficient (Wildman–Crippen LogP) is 1.00. The molecule has 130 valence electrons. The van der Waals surface area contributed by atoms with E-state index in [1.165, 1.54) is 29.6 Å². The van der Waals surface area contributed by atoms with Gasteiger partial charge < -0.3 is 15.2 Å². The molecule has 0 atom stereocenters. The summed E-state index contributed by atoms with van der Waals surface area (Å²) >= 11 is 0. The van der Waals surface area contributed by atoms with Crippen LogP contribution >= 0.6 is 0 Å². The lowest BCUT2D eigenvalue weighted by Gasteiger charge is -2.22. The first-order chi connectivity index (χ1) is 11.4. The number of anilines is 2. The summed E-state index contributed by atoms with van der Waals surface area (Å²) in [5.74, 6) is -0.181. The Kier molecular flexibility index (Phi) is 4.41. The lowest BCUT2D eigenvalue weighted by molar-refractivity contribution is 0.393. The van der Waals surface area contributed by atoms with E-state index in [-0.39, 0.29) is 28.8 Å². The van der Waals surface area contributed by atoms with Gasteiger partial charge in [0.05, 0.1) is 0 Å². The summed E-state index contributed by atoms with van der Waals surface area (Å²) < 4.78 is 45.7. The summed E-state index contributed by atoms with van der Waals surface area (Å²) in [6, 6.07) is 2.85. The summed E-state index contributed by atoms with van der Waals surface area (Å²) in [5.41, 5.74) is 5.63. The molecule has 2 N–H and O–H groups in total. The SMILES string of the molecule is Cc1onc(N)c1S(=O)(=O)N1CCCN(c2ncccc2F)CC1. The summed E-state index contributed by atoms with van der Waals surface area (Å²) in [6.45, 7) is 2.85. The van der Waals surface area contributed by atoms with E-state index in [1.807, 2.05) is 0 Å². The fourth-order valence-corrected chi connectivity index (χ4v) is 4.43. The third-order valence-electron chi connectivity index (χ3n) is 3.92. The molecule has 0 bridgehead atoms. The van der Waals surface area contributed by atoms with Gasteiger partial charge in [-0.05, 0) is 25.5 Å². The highest BCUT2D eigenvalue weighted by molar-refractivity contribution is 7.89. The van der Waals surface area contributed by atoms with Gasteiger partial charge in [-0.2, -0.15) is 4.31 Å². The Morgan fingerprint density at radius 1 is 1.29 bits per heavy atom. The molecule has 8 nitrogen and oxygen atoms in total. The number of halogens is 1. The van der Waals surface area contributed by atoms with Gasteiger partial charge in [-0.1, -0.05) is 5.16 Å². The number of aromatic nitrogens is 2. The van der Waals surface area contributed by atoms with Gasteiger partial charge in [-0.15, -0.1) is 0 Å². The van der Waals surface area contributed by atoms with Gasteiger partial charge in [-0.3, -0.25) is 0 Å². The Morgan fingerprint density at radius 3 is 2.75 bits per heavy atom. The standard InChI is InChI=1S/C14H18FN5O3S/c1-10-12(13(16)18-23-10)24(21,22)20-7-3-6-19(8-9-20)14-11(15)4-2-5-17-14/h2,4-5H,3,6-9H2,1H3,(H2,16,18). The molecule has 0 aliphatic carbocycles. The summed E-state index contributed by atoms with van der Waals surface area (Å²) in [6.07, 6.45) is 2.05. The van der Waals surface area contributed by atoms with E-state index in [4.69, 9.17) is 10.3 Å². The number of nitrogens with two attached hydrogens (primary N) is 1. The van der Waals surface area contributed by atoms with E-state index in [0.29, 0.717) is 26.1 Å². The average Bonchev–Trinajstić information content (AvgIpc) is 2.76. The van der Waals surface area contributed by atoms with Gasteiger partial charge >= 0.3 is 0 Å². The first-order valence-electron chi connectivity index (χ1n) is 7.48. The van der Waals surface area contributed by atoms with Crippen LogP contribution in [-0.4, -0.2) is 49.0 Å². The van der Waals surface area contributed by atoms with E-state index in [2.05, 4.69) is 10.1 Å². The number of sulfonamides is 1. The van der Waals surface area contributed by atoms with Crippen LogP contribution in [0.15, 0.2) is 27.7 Å². The lowest BCUT2D eigenvalue weighted by atomic mass is 10.3. The highest BCUT2D eigenvalue weighted by atomic mass is 32.2. The molecule has 0 unspecified atom stereocenters. The van der Waals surface area contributed by atoms with Crippen molar-refractivity contribution in [3.63, 3.8) is 0 Å². The van der Waals surface area contributed by atoms with Crippen molar-refractivity contribution in [1.82, 2.24) is 14.4 Å². The second-order valence-electron chi connectivity index (χ2n) is 5.51. The van der Waals surface area contributed by atoms with E-state index < -0.39 is 15.8 Å². The maximum Gasteiger partial charge on any atom is 0.250 e. The Balaban J connectivity index is 1.82. The van der Waals surface area contributed by atoms with Gasteiger partial charge in [0.15, 0.2) is 28.1 Å². The van der Waals surface area contributed by atoms with Gasteiger partial charge in [0.2, 0.25) is 10.0 Å². The highest BCUT2D eigenvalue weighted by Gasteiger charge is 2.33. The Labute approximate surface area is 139 Å². The Bertz CT molecular complexity index is 819. The van der Waals surface area contributed by atoms with E-state index >= 15 is 0 Å². The molecule has 0 spiro atoms. The van der Waals surface area contributed by atoms with Gasteiger partial charge in [0.25, 0.3) is 0 Å². The molecule has 2 aromatic heterocycles. The van der Waals surface area contributed by atoms with Crippen molar-refractivity contribution < 1.29 is 17.3 Å². The fraction of sp³-hybridized carbons (Fsp3) is 0.429. The summed E-state index contributed by atoms with van der Waals surface area (Å²) in [4.78, 5) is 5.69. The molecule has 0 aromatic carbocycles. The molecule has 24 heavy (non-hydrogen) atoms. The van der Waals surface area contributed by atoms with Crippen molar-refractivity contribution in [3.8, 4) is 0 Å². The van der Waals surface area contributed by atoms with Crippen LogP contribution in [0.25, 0.3) is 0 Å². The van der Waals surface area contributed by atoms with Crippen molar-refractivity contribution >= 4 is 21.7 Å². The Hall–Kier alpha value is -2.20. The number of hydrogen-bond acceptors (Lipinski definition) is 7. The minimum absolute atomic E-state index is 0.0973. The average molecular weight is 355 g/mol. The maximum absolute atomic E-state index is 13.9. The minimum atomic E-state index is -3.81. The van der Waals surface area contributed by atoms with Crippen LogP contribution in [0.2, 0.25) is 0 Å². The van der Waals surface area contributed by atoms with Crippen molar-refractivity contribution in [2.45, 2.75) is 18.2 Å². The zero-order valence-electron chi connectivity index (χ0n) is 13.1. The zero-order valence-corrected chi connectivity index (χ0v) is 14.0. The van der Waals surface area contributed by atoms with Crippen LogP contribution in [0, 0.1) is 12.7 Å². The topological polar surface area (TPSA) is 106 Å². The first-order valence-corrected chi connectivity index (χ1v) is 8.92. The quantitative estimate of drug-likeness (QED) is 0.875. The molecule has 3 heterocycles. The van der Waals surface area contributed by atoms with Crippen molar-refractivity contribution in [1.29, 1.82) is 0 Å². The van der Waals surface area contributed by atoms with Crippen LogP contribution in [0.3, 0.4) is 0 Å². The molecule has 1 saturated heterocycles. The normalized spacial score (nSPS) is 17.0. The monoisotopic (exact) mass is 355 g/mol. The van der Waals surface area contributed by atoms with Crippen LogP contribution in [-0.2, 0) is 10.0 Å². The third kappa shape index (κ3) is 2.94. The number of nitrogens with zero attached hydrogens (tertiary/aromatic N) is 4. The molecule has 0 saturated carbocycles. The number of aryl methyl sites for hydroxylation is 1. The first kappa shape index (κ1) is 16.7. The minimum Gasteiger partial charge on any atom is -0.380 e. The molecule has 1 aliphatic heterocycles. The number of hydrogen-bond donors (Lipinski definition) is 1. The van der Waals surface area contributed by atoms with Crippen LogP contribution in [0.4, 0.5) is 16.0 Å². The molecule has 0 radical (unpaired) electrons. The second kappa shape index (κ2) is 6.36. The molecule has 1 fully saturated rings. The van der Waals surface area contributed by atoms with Gasteiger partial charge in [0, 0.05) is 32.4 Å². The third-order valence-corrected chi connectivity index (χ3v) is 5.98. The maximum atomic E-state index is 13.9. The molecule has 1 aliphatic rings. The number of nitrogen functional groups attached to an aromatic ring is 1. The number of rotatable bonds is 3. The van der Waals surface area contributed by atoms with Crippen molar-refractivity contribution in [3.05, 3.63) is 29.9 Å². The Morgan fingerprint density at radius 2 is 2.08 bits per heavy atom. The highest BCUT2D eigenvalue weighted by Crippen LogP contribution is 2.27. The van der Waals surface area contributed by atoms with Gasteiger partial charge in [-0.25, -0.2) is 17.8 Å². The molecule has 0 amide bonds. The van der Waals surface area contributed by atoms with E-state index in [9.17, 15) is 12.8 Å². The zero-order chi connectivity index (χ0) is 17.3. The van der Waals surface area contributed by atoms with Crippen LogP contribution < -0.4 is 10.6 Å².